The first-order valence-electron chi connectivity index (χ1n) is 4.96. The van der Waals surface area contributed by atoms with Gasteiger partial charge < -0.3 is 20.7 Å². The van der Waals surface area contributed by atoms with Crippen LogP contribution in [0.5, 0.6) is 5.75 Å². The van der Waals surface area contributed by atoms with Crippen LogP contribution in [0.15, 0.2) is 24.3 Å². The topological polar surface area (TPSA) is 75.7 Å². The Hall–Kier alpha value is -1.10. The lowest BCUT2D eigenvalue weighted by molar-refractivity contribution is 0.205. The minimum absolute atomic E-state index is 0.0897. The van der Waals surface area contributed by atoms with Gasteiger partial charge in [-0.25, -0.2) is 0 Å². The Kier molecular flexibility index (Phi) is 5.10. The van der Waals surface area contributed by atoms with Crippen molar-refractivity contribution in [1.82, 2.24) is 0 Å². The first kappa shape index (κ1) is 12.0. The van der Waals surface area contributed by atoms with Crippen LogP contribution in [0.4, 0.5) is 0 Å². The summed E-state index contributed by atoms with van der Waals surface area (Å²) in [7, 11) is 0. The number of benzene rings is 1. The van der Waals surface area contributed by atoms with Gasteiger partial charge in [-0.1, -0.05) is 18.2 Å². The molecule has 0 amide bonds. The summed E-state index contributed by atoms with van der Waals surface area (Å²) in [5.74, 6) is 0.718. The van der Waals surface area contributed by atoms with E-state index in [2.05, 4.69) is 0 Å². The van der Waals surface area contributed by atoms with Crippen LogP contribution in [0.2, 0.25) is 0 Å². The number of ether oxygens (including phenoxy) is 1. The third-order valence-electron chi connectivity index (χ3n) is 2.04. The second-order valence-electron chi connectivity index (χ2n) is 3.33. The fourth-order valence-corrected chi connectivity index (χ4v) is 1.22. The van der Waals surface area contributed by atoms with Gasteiger partial charge in [-0.3, -0.25) is 0 Å². The molecule has 0 aromatic heterocycles. The van der Waals surface area contributed by atoms with Crippen molar-refractivity contribution < 1.29 is 14.9 Å². The zero-order chi connectivity index (χ0) is 11.1. The van der Waals surface area contributed by atoms with E-state index in [1.54, 1.807) is 0 Å². The quantitative estimate of drug-likeness (QED) is 0.615. The van der Waals surface area contributed by atoms with Gasteiger partial charge in [0, 0.05) is 6.61 Å². The zero-order valence-electron chi connectivity index (χ0n) is 8.60. The maximum Gasteiger partial charge on any atom is 0.122 e. The fourth-order valence-electron chi connectivity index (χ4n) is 1.22. The average molecular weight is 211 g/mol. The summed E-state index contributed by atoms with van der Waals surface area (Å²) in [4.78, 5) is 0. The van der Waals surface area contributed by atoms with Gasteiger partial charge in [0.15, 0.2) is 0 Å². The highest BCUT2D eigenvalue weighted by atomic mass is 16.5. The first-order chi connectivity index (χ1) is 7.27. The summed E-state index contributed by atoms with van der Waals surface area (Å²) in [6.07, 6.45) is 0.560. The van der Waals surface area contributed by atoms with Crippen LogP contribution in [0.3, 0.4) is 0 Å². The summed E-state index contributed by atoms with van der Waals surface area (Å²) in [5, 5.41) is 17.6. The SMILES string of the molecule is NC(CO)COc1ccccc1CCO. The van der Waals surface area contributed by atoms with Gasteiger partial charge in [-0.05, 0) is 18.1 Å². The predicted molar refractivity (Wildman–Crippen MR) is 57.8 cm³/mol. The monoisotopic (exact) mass is 211 g/mol. The molecule has 0 fully saturated rings. The van der Waals surface area contributed by atoms with Crippen molar-refractivity contribution in [1.29, 1.82) is 0 Å². The molecular formula is C11H17NO3. The van der Waals surface area contributed by atoms with Crippen molar-refractivity contribution >= 4 is 0 Å². The van der Waals surface area contributed by atoms with Gasteiger partial charge in [0.25, 0.3) is 0 Å². The summed E-state index contributed by atoms with van der Waals surface area (Å²) < 4.78 is 5.45. The molecule has 0 heterocycles. The van der Waals surface area contributed by atoms with Crippen LogP contribution >= 0.6 is 0 Å². The number of aliphatic hydroxyl groups excluding tert-OH is 2. The highest BCUT2D eigenvalue weighted by Crippen LogP contribution is 2.18. The van der Waals surface area contributed by atoms with Crippen LogP contribution in [0.25, 0.3) is 0 Å². The van der Waals surface area contributed by atoms with Crippen molar-refractivity contribution in [3.63, 3.8) is 0 Å². The Morgan fingerprint density at radius 1 is 1.27 bits per heavy atom. The lowest BCUT2D eigenvalue weighted by atomic mass is 10.1. The van der Waals surface area contributed by atoms with Gasteiger partial charge in [-0.2, -0.15) is 0 Å². The molecule has 0 aliphatic heterocycles. The Bertz CT molecular complexity index is 291. The van der Waals surface area contributed by atoms with Crippen molar-refractivity contribution in [2.45, 2.75) is 12.5 Å². The van der Waals surface area contributed by atoms with Crippen LogP contribution in [-0.4, -0.2) is 36.1 Å². The van der Waals surface area contributed by atoms with E-state index in [-0.39, 0.29) is 25.9 Å². The van der Waals surface area contributed by atoms with Crippen LogP contribution in [-0.2, 0) is 6.42 Å². The number of hydrogen-bond acceptors (Lipinski definition) is 4. The molecule has 1 aromatic carbocycles. The molecule has 0 bridgehead atoms. The van der Waals surface area contributed by atoms with Crippen LogP contribution < -0.4 is 10.5 Å². The Morgan fingerprint density at radius 2 is 2.00 bits per heavy atom. The van der Waals surface area contributed by atoms with Gasteiger partial charge in [-0.15, -0.1) is 0 Å². The molecule has 0 aliphatic rings. The maximum atomic E-state index is 8.85. The molecule has 0 radical (unpaired) electrons. The molecule has 1 atom stereocenters. The van der Waals surface area contributed by atoms with Crippen LogP contribution in [0, 0.1) is 0 Å². The molecule has 1 aromatic rings. The Balaban J connectivity index is 2.58. The third kappa shape index (κ3) is 3.87. The largest absolute Gasteiger partial charge is 0.492 e. The molecular weight excluding hydrogens is 194 g/mol. The normalized spacial score (nSPS) is 12.5. The third-order valence-corrected chi connectivity index (χ3v) is 2.04. The number of aliphatic hydroxyl groups is 2. The summed E-state index contributed by atoms with van der Waals surface area (Å²) in [6, 6.07) is 7.11. The van der Waals surface area contributed by atoms with Crippen LogP contribution in [0.1, 0.15) is 5.56 Å². The standard InChI is InChI=1S/C11H17NO3/c12-10(7-14)8-15-11-4-2-1-3-9(11)5-6-13/h1-4,10,13-14H,5-8,12H2. The smallest absolute Gasteiger partial charge is 0.122 e. The summed E-state index contributed by atoms with van der Waals surface area (Å²) in [5.41, 5.74) is 6.47. The molecule has 4 heteroatoms. The molecule has 1 rings (SSSR count). The van der Waals surface area contributed by atoms with Crippen molar-refractivity contribution in [2.75, 3.05) is 19.8 Å². The van der Waals surface area contributed by atoms with E-state index >= 15 is 0 Å². The van der Waals surface area contributed by atoms with Gasteiger partial charge >= 0.3 is 0 Å². The molecule has 0 saturated carbocycles. The van der Waals surface area contributed by atoms with E-state index in [4.69, 9.17) is 20.7 Å². The van der Waals surface area contributed by atoms with Gasteiger partial charge in [0.05, 0.1) is 12.6 Å². The maximum absolute atomic E-state index is 8.85. The van der Waals surface area contributed by atoms with Crippen molar-refractivity contribution in [3.05, 3.63) is 29.8 Å². The highest BCUT2D eigenvalue weighted by Gasteiger charge is 2.05. The van der Waals surface area contributed by atoms with Crippen molar-refractivity contribution in [3.8, 4) is 5.75 Å². The molecule has 15 heavy (non-hydrogen) atoms. The van der Waals surface area contributed by atoms with E-state index in [1.165, 1.54) is 0 Å². The highest BCUT2D eigenvalue weighted by molar-refractivity contribution is 5.33. The van der Waals surface area contributed by atoms with Gasteiger partial charge in [0.1, 0.15) is 12.4 Å². The summed E-state index contributed by atoms with van der Waals surface area (Å²) >= 11 is 0. The second-order valence-corrected chi connectivity index (χ2v) is 3.33. The van der Waals surface area contributed by atoms with Crippen molar-refractivity contribution in [2.24, 2.45) is 5.73 Å². The van der Waals surface area contributed by atoms with Gasteiger partial charge in [0.2, 0.25) is 0 Å². The molecule has 0 saturated heterocycles. The molecule has 84 valence electrons. The number of hydrogen-bond donors (Lipinski definition) is 3. The molecule has 4 N–H and O–H groups in total. The Morgan fingerprint density at radius 3 is 2.67 bits per heavy atom. The number of rotatable bonds is 6. The van der Waals surface area contributed by atoms with E-state index in [1.807, 2.05) is 24.3 Å². The zero-order valence-corrected chi connectivity index (χ0v) is 8.60. The lowest BCUT2D eigenvalue weighted by Crippen LogP contribution is -2.31. The predicted octanol–water partition coefficient (Wildman–Crippen LogP) is -0.0802. The van der Waals surface area contributed by atoms with E-state index < -0.39 is 0 Å². The second kappa shape index (κ2) is 6.40. The minimum Gasteiger partial charge on any atom is -0.492 e. The lowest BCUT2D eigenvalue weighted by Gasteiger charge is -2.13. The molecule has 0 spiro atoms. The Labute approximate surface area is 89.3 Å². The average Bonchev–Trinajstić information content (AvgIpc) is 2.28. The van der Waals surface area contributed by atoms with E-state index in [9.17, 15) is 0 Å². The number of para-hydroxylation sites is 1. The summed E-state index contributed by atoms with van der Waals surface area (Å²) in [6.45, 7) is 0.271. The molecule has 1 unspecified atom stereocenters. The molecule has 4 nitrogen and oxygen atoms in total. The minimum atomic E-state index is -0.368. The molecule has 0 aliphatic carbocycles. The number of nitrogens with two attached hydrogens (primary N) is 1. The first-order valence-corrected chi connectivity index (χ1v) is 4.96. The van der Waals surface area contributed by atoms with E-state index in [0.29, 0.717) is 6.42 Å². The van der Waals surface area contributed by atoms with E-state index in [0.717, 1.165) is 11.3 Å². The fraction of sp³-hybridized carbons (Fsp3) is 0.455.